The van der Waals surface area contributed by atoms with Crippen LogP contribution < -0.4 is 10.6 Å². The zero-order chi connectivity index (χ0) is 20.8. The summed E-state index contributed by atoms with van der Waals surface area (Å²) in [6.45, 7) is 1.50. The molecule has 0 bridgehead atoms. The fourth-order valence-corrected chi connectivity index (χ4v) is 2.64. The lowest BCUT2D eigenvalue weighted by atomic mass is 10.2. The third-order valence-electron chi connectivity index (χ3n) is 4.01. The van der Waals surface area contributed by atoms with Gasteiger partial charge in [0.25, 0.3) is 0 Å². The van der Waals surface area contributed by atoms with Crippen molar-refractivity contribution in [2.24, 2.45) is 0 Å². The molecule has 0 amide bonds. The summed E-state index contributed by atoms with van der Waals surface area (Å²) < 4.78 is 41.2. The minimum Gasteiger partial charge on any atom is -0.354 e. The first-order valence-corrected chi connectivity index (χ1v) is 9.02. The highest BCUT2D eigenvalue weighted by molar-refractivity contribution is 5.67. The Labute approximate surface area is 166 Å². The molecule has 0 spiro atoms. The van der Waals surface area contributed by atoms with Crippen LogP contribution in [0, 0.1) is 17.5 Å². The van der Waals surface area contributed by atoms with Gasteiger partial charge in [-0.3, -0.25) is 4.98 Å². The monoisotopic (exact) mass is 402 g/mol. The van der Waals surface area contributed by atoms with Crippen LogP contribution in [0.3, 0.4) is 0 Å². The van der Waals surface area contributed by atoms with Crippen molar-refractivity contribution in [2.75, 3.05) is 37.8 Å². The van der Waals surface area contributed by atoms with Crippen LogP contribution in [-0.4, -0.2) is 47.0 Å². The highest BCUT2D eigenvalue weighted by atomic mass is 19.1. The van der Waals surface area contributed by atoms with Gasteiger partial charge in [0.1, 0.15) is 17.3 Å². The smallest absolute Gasteiger partial charge is 0.225 e. The van der Waals surface area contributed by atoms with E-state index in [1.165, 1.54) is 0 Å². The summed E-state index contributed by atoms with van der Waals surface area (Å²) >= 11 is 0. The summed E-state index contributed by atoms with van der Waals surface area (Å²) in [5.41, 5.74) is 0.753. The van der Waals surface area contributed by atoms with Crippen LogP contribution in [0.15, 0.2) is 42.7 Å². The van der Waals surface area contributed by atoms with E-state index in [0.717, 1.165) is 13.0 Å². The van der Waals surface area contributed by atoms with Gasteiger partial charge in [-0.1, -0.05) is 0 Å². The van der Waals surface area contributed by atoms with Gasteiger partial charge in [0, 0.05) is 42.7 Å². The topological polar surface area (TPSA) is 66.0 Å². The molecule has 2 N–H and O–H groups in total. The van der Waals surface area contributed by atoms with Gasteiger partial charge in [0.05, 0.1) is 5.69 Å². The molecule has 0 aliphatic rings. The number of rotatable bonds is 8. The number of halogens is 3. The van der Waals surface area contributed by atoms with Gasteiger partial charge >= 0.3 is 0 Å². The Kier molecular flexibility index (Phi) is 6.61. The number of hydrogen-bond acceptors (Lipinski definition) is 6. The normalized spacial score (nSPS) is 11.0. The van der Waals surface area contributed by atoms with E-state index < -0.39 is 23.1 Å². The highest BCUT2D eigenvalue weighted by Crippen LogP contribution is 2.26. The van der Waals surface area contributed by atoms with Crippen LogP contribution in [-0.2, 0) is 0 Å². The molecule has 3 rings (SSSR count). The van der Waals surface area contributed by atoms with Crippen molar-refractivity contribution < 1.29 is 13.2 Å². The Hall–Kier alpha value is -3.20. The maximum Gasteiger partial charge on any atom is 0.225 e. The predicted molar refractivity (Wildman–Crippen MR) is 107 cm³/mol. The maximum absolute atomic E-state index is 14.0. The fourth-order valence-electron chi connectivity index (χ4n) is 2.64. The lowest BCUT2D eigenvalue weighted by molar-refractivity contribution is 0.405. The predicted octanol–water partition coefficient (Wildman–Crippen LogP) is 4.06. The summed E-state index contributed by atoms with van der Waals surface area (Å²) in [7, 11) is 3.96. The molecule has 0 radical (unpaired) electrons. The molecule has 29 heavy (non-hydrogen) atoms. The van der Waals surface area contributed by atoms with Crippen LogP contribution in [0.25, 0.3) is 11.3 Å². The van der Waals surface area contributed by atoms with Crippen molar-refractivity contribution in [1.82, 2.24) is 19.9 Å². The average molecular weight is 402 g/mol. The van der Waals surface area contributed by atoms with Crippen LogP contribution >= 0.6 is 0 Å². The Morgan fingerprint density at radius 3 is 2.45 bits per heavy atom. The Morgan fingerprint density at radius 1 is 1.03 bits per heavy atom. The molecule has 0 aliphatic heterocycles. The van der Waals surface area contributed by atoms with Crippen LogP contribution in [0.5, 0.6) is 0 Å². The third kappa shape index (κ3) is 5.64. The van der Waals surface area contributed by atoms with Crippen molar-refractivity contribution in [3.05, 3.63) is 60.2 Å². The largest absolute Gasteiger partial charge is 0.354 e. The van der Waals surface area contributed by atoms with E-state index in [0.29, 0.717) is 35.9 Å². The molecule has 0 saturated heterocycles. The number of benzene rings is 1. The van der Waals surface area contributed by atoms with E-state index in [1.54, 1.807) is 24.5 Å². The van der Waals surface area contributed by atoms with E-state index >= 15 is 0 Å². The summed E-state index contributed by atoms with van der Waals surface area (Å²) in [6, 6.07) is 6.33. The second kappa shape index (κ2) is 9.33. The Bertz CT molecular complexity index is 943. The molecular weight excluding hydrogens is 381 g/mol. The molecule has 0 fully saturated rings. The van der Waals surface area contributed by atoms with Gasteiger partial charge in [-0.2, -0.15) is 4.98 Å². The number of aromatic nitrogens is 3. The Balaban J connectivity index is 1.90. The lowest BCUT2D eigenvalue weighted by Crippen LogP contribution is -2.17. The van der Waals surface area contributed by atoms with Gasteiger partial charge in [-0.05, 0) is 39.2 Å². The summed E-state index contributed by atoms with van der Waals surface area (Å²) in [5, 5.41) is 5.71. The molecule has 9 heteroatoms. The minimum absolute atomic E-state index is 0.165. The second-order valence-electron chi connectivity index (χ2n) is 6.66. The first-order valence-electron chi connectivity index (χ1n) is 9.02. The van der Waals surface area contributed by atoms with Crippen molar-refractivity contribution in [1.29, 1.82) is 0 Å². The fraction of sp³-hybridized carbons (Fsp3) is 0.250. The quantitative estimate of drug-likeness (QED) is 0.554. The van der Waals surface area contributed by atoms with E-state index in [9.17, 15) is 13.2 Å². The van der Waals surface area contributed by atoms with E-state index in [1.807, 2.05) is 20.2 Å². The number of nitrogens with zero attached hydrogens (tertiary/aromatic N) is 4. The molecule has 0 aliphatic carbocycles. The van der Waals surface area contributed by atoms with Gasteiger partial charge < -0.3 is 15.5 Å². The standard InChI is InChI=1S/C20H21F3N6/c1-29(2)8-4-7-25-20-26-17(13-5-3-6-24-12-13)11-18(28-20)27-19-15(22)9-14(21)10-16(19)23/h3,5-6,9-12H,4,7-8H2,1-2H3,(H2,25,26,27,28). The Morgan fingerprint density at radius 2 is 1.79 bits per heavy atom. The molecule has 1 aromatic carbocycles. The number of hydrogen-bond donors (Lipinski definition) is 2. The van der Waals surface area contributed by atoms with E-state index in [-0.39, 0.29) is 5.82 Å². The molecule has 0 atom stereocenters. The zero-order valence-electron chi connectivity index (χ0n) is 16.1. The summed E-state index contributed by atoms with van der Waals surface area (Å²) in [5.74, 6) is -2.63. The lowest BCUT2D eigenvalue weighted by Gasteiger charge is -2.13. The SMILES string of the molecule is CN(C)CCCNc1nc(Nc2c(F)cc(F)cc2F)cc(-c2cccnc2)n1. The molecular formula is C20H21F3N6. The van der Waals surface area contributed by atoms with Crippen molar-refractivity contribution in [2.45, 2.75) is 6.42 Å². The molecule has 3 aromatic rings. The molecule has 2 heterocycles. The van der Waals surface area contributed by atoms with Gasteiger partial charge in [0.2, 0.25) is 5.95 Å². The summed E-state index contributed by atoms with van der Waals surface area (Å²) in [6.07, 6.45) is 4.12. The molecule has 0 unspecified atom stereocenters. The minimum atomic E-state index is -1.05. The molecule has 152 valence electrons. The average Bonchev–Trinajstić information content (AvgIpc) is 2.68. The third-order valence-corrected chi connectivity index (χ3v) is 4.01. The highest BCUT2D eigenvalue weighted by Gasteiger charge is 2.14. The van der Waals surface area contributed by atoms with Gasteiger partial charge in [-0.15, -0.1) is 0 Å². The van der Waals surface area contributed by atoms with Gasteiger partial charge in [-0.25, -0.2) is 18.2 Å². The van der Waals surface area contributed by atoms with Crippen molar-refractivity contribution in [3.8, 4) is 11.3 Å². The van der Waals surface area contributed by atoms with Crippen LogP contribution in [0.2, 0.25) is 0 Å². The molecule has 0 saturated carbocycles. The second-order valence-corrected chi connectivity index (χ2v) is 6.66. The maximum atomic E-state index is 14.0. The first-order chi connectivity index (χ1) is 13.9. The van der Waals surface area contributed by atoms with Crippen molar-refractivity contribution in [3.63, 3.8) is 0 Å². The van der Waals surface area contributed by atoms with Gasteiger partial charge in [0.15, 0.2) is 11.6 Å². The number of anilines is 3. The molecule has 2 aromatic heterocycles. The van der Waals surface area contributed by atoms with Crippen LogP contribution in [0.4, 0.5) is 30.6 Å². The zero-order valence-corrected chi connectivity index (χ0v) is 16.1. The van der Waals surface area contributed by atoms with E-state index in [2.05, 4.69) is 30.5 Å². The number of nitrogens with one attached hydrogen (secondary N) is 2. The van der Waals surface area contributed by atoms with Crippen LogP contribution in [0.1, 0.15) is 6.42 Å². The first kappa shape index (κ1) is 20.5. The van der Waals surface area contributed by atoms with Crippen molar-refractivity contribution >= 4 is 17.5 Å². The van der Waals surface area contributed by atoms with E-state index in [4.69, 9.17) is 0 Å². The number of pyridine rings is 1. The summed E-state index contributed by atoms with van der Waals surface area (Å²) in [4.78, 5) is 14.9. The molecule has 6 nitrogen and oxygen atoms in total.